The molecule has 2 atom stereocenters. The second-order valence-corrected chi connectivity index (χ2v) is 6.63. The topological polar surface area (TPSA) is 40.5 Å². The second-order valence-electron chi connectivity index (χ2n) is 4.14. The number of carbonyl (C=O) groups is 1. The third kappa shape index (κ3) is 2.47. The van der Waals surface area contributed by atoms with Gasteiger partial charge in [-0.05, 0) is 48.0 Å². The Morgan fingerprint density at radius 1 is 1.69 bits per heavy atom. The molecular weight excluding hydrogens is 290 g/mol. The highest BCUT2D eigenvalue weighted by atomic mass is 79.9. The molecule has 1 aliphatic rings. The fraction of sp³-hybridized carbons (Fsp3) is 0.545. The Morgan fingerprint density at radius 3 is 2.94 bits per heavy atom. The average Bonchev–Trinajstić information content (AvgIpc) is 2.84. The molecule has 16 heavy (non-hydrogen) atoms. The predicted molar refractivity (Wildman–Crippen MR) is 67.7 cm³/mol. The third-order valence-electron chi connectivity index (χ3n) is 3.12. The maximum absolute atomic E-state index is 10.9. The van der Waals surface area contributed by atoms with Gasteiger partial charge in [-0.3, -0.25) is 9.69 Å². The number of carboxylic acids is 1. The van der Waals surface area contributed by atoms with Gasteiger partial charge < -0.3 is 5.11 Å². The van der Waals surface area contributed by atoms with Crippen LogP contribution in [0.2, 0.25) is 0 Å². The summed E-state index contributed by atoms with van der Waals surface area (Å²) in [6.45, 7) is 3.70. The molecule has 0 spiro atoms. The van der Waals surface area contributed by atoms with Crippen LogP contribution in [0.3, 0.4) is 0 Å². The molecule has 1 N–H and O–H groups in total. The van der Waals surface area contributed by atoms with Crippen LogP contribution in [-0.4, -0.2) is 29.1 Å². The van der Waals surface area contributed by atoms with Crippen LogP contribution in [0.1, 0.15) is 24.3 Å². The lowest BCUT2D eigenvalue weighted by molar-refractivity contribution is -0.141. The highest BCUT2D eigenvalue weighted by molar-refractivity contribution is 9.11. The van der Waals surface area contributed by atoms with Crippen LogP contribution in [0.15, 0.2) is 15.9 Å². The summed E-state index contributed by atoms with van der Waals surface area (Å²) in [7, 11) is 0. The van der Waals surface area contributed by atoms with Crippen LogP contribution in [-0.2, 0) is 4.79 Å². The summed E-state index contributed by atoms with van der Waals surface area (Å²) >= 11 is 5.17. The van der Waals surface area contributed by atoms with Gasteiger partial charge in [-0.25, -0.2) is 0 Å². The maximum Gasteiger partial charge on any atom is 0.307 e. The number of carboxylic acid groups (broad SMARTS) is 1. The molecule has 1 fully saturated rings. The minimum Gasteiger partial charge on any atom is -0.481 e. The van der Waals surface area contributed by atoms with E-state index in [0.717, 1.165) is 16.8 Å². The van der Waals surface area contributed by atoms with Crippen molar-refractivity contribution in [3.05, 3.63) is 20.8 Å². The van der Waals surface area contributed by atoms with E-state index < -0.39 is 5.97 Å². The largest absolute Gasteiger partial charge is 0.481 e. The van der Waals surface area contributed by atoms with Crippen LogP contribution >= 0.6 is 27.3 Å². The minimum absolute atomic E-state index is 0.189. The SMILES string of the molecule is CC(c1ccc(Br)s1)N1CCC(C(=O)O)C1. The molecular formula is C11H14BrNO2S. The fourth-order valence-corrected chi connectivity index (χ4v) is 3.58. The summed E-state index contributed by atoms with van der Waals surface area (Å²) in [5, 5.41) is 8.96. The van der Waals surface area contributed by atoms with Crippen LogP contribution in [0.4, 0.5) is 0 Å². The van der Waals surface area contributed by atoms with Gasteiger partial charge in [-0.2, -0.15) is 0 Å². The lowest BCUT2D eigenvalue weighted by atomic mass is 10.1. The molecule has 88 valence electrons. The van der Waals surface area contributed by atoms with Crippen molar-refractivity contribution in [2.24, 2.45) is 5.92 Å². The van der Waals surface area contributed by atoms with Crippen LogP contribution in [0.5, 0.6) is 0 Å². The molecule has 0 amide bonds. The van der Waals surface area contributed by atoms with Gasteiger partial charge in [0.15, 0.2) is 0 Å². The summed E-state index contributed by atoms with van der Waals surface area (Å²) in [5.41, 5.74) is 0. The number of hydrogen-bond acceptors (Lipinski definition) is 3. The fourth-order valence-electron chi connectivity index (χ4n) is 2.07. The van der Waals surface area contributed by atoms with E-state index in [2.05, 4.69) is 33.8 Å². The second kappa shape index (κ2) is 4.85. The predicted octanol–water partition coefficient (Wildman–Crippen LogP) is 2.98. The van der Waals surface area contributed by atoms with Crippen molar-refractivity contribution in [3.8, 4) is 0 Å². The zero-order chi connectivity index (χ0) is 11.7. The Kier molecular flexibility index (Phi) is 3.66. The van der Waals surface area contributed by atoms with Crippen LogP contribution in [0, 0.1) is 5.92 Å². The van der Waals surface area contributed by atoms with Crippen molar-refractivity contribution < 1.29 is 9.90 Å². The Balaban J connectivity index is 2.02. The van der Waals surface area contributed by atoms with Crippen molar-refractivity contribution in [1.29, 1.82) is 0 Å². The third-order valence-corrected chi connectivity index (χ3v) is 4.92. The van der Waals surface area contributed by atoms with Crippen LogP contribution in [0.25, 0.3) is 0 Å². The first-order chi connectivity index (χ1) is 7.58. The highest BCUT2D eigenvalue weighted by Gasteiger charge is 2.31. The first-order valence-corrected chi connectivity index (χ1v) is 6.91. The summed E-state index contributed by atoms with van der Waals surface area (Å²) in [6.07, 6.45) is 0.770. The number of nitrogens with zero attached hydrogens (tertiary/aromatic N) is 1. The van der Waals surface area contributed by atoms with E-state index in [9.17, 15) is 4.79 Å². The number of hydrogen-bond donors (Lipinski definition) is 1. The molecule has 1 aromatic heterocycles. The molecule has 1 saturated heterocycles. The molecule has 1 aliphatic heterocycles. The van der Waals surface area contributed by atoms with Crippen molar-refractivity contribution in [3.63, 3.8) is 0 Å². The molecule has 0 saturated carbocycles. The monoisotopic (exact) mass is 303 g/mol. The smallest absolute Gasteiger partial charge is 0.307 e. The van der Waals surface area contributed by atoms with E-state index >= 15 is 0 Å². The Morgan fingerprint density at radius 2 is 2.44 bits per heavy atom. The standard InChI is InChI=1S/C11H14BrNO2S/c1-7(9-2-3-10(12)16-9)13-5-4-8(6-13)11(14)15/h2-3,7-8H,4-6H2,1H3,(H,14,15). The van der Waals surface area contributed by atoms with Crippen molar-refractivity contribution in [2.75, 3.05) is 13.1 Å². The number of rotatable bonds is 3. The van der Waals surface area contributed by atoms with Gasteiger partial charge in [0, 0.05) is 17.5 Å². The van der Waals surface area contributed by atoms with Gasteiger partial charge in [0.05, 0.1) is 9.70 Å². The van der Waals surface area contributed by atoms with Gasteiger partial charge in [0.2, 0.25) is 0 Å². The lowest BCUT2D eigenvalue weighted by Gasteiger charge is -2.22. The molecule has 3 nitrogen and oxygen atoms in total. The van der Waals surface area contributed by atoms with Gasteiger partial charge in [0.25, 0.3) is 0 Å². The summed E-state index contributed by atoms with van der Waals surface area (Å²) < 4.78 is 1.13. The van der Waals surface area contributed by atoms with Gasteiger partial charge in [0.1, 0.15) is 0 Å². The molecule has 0 aromatic carbocycles. The Hall–Kier alpha value is -0.390. The molecule has 1 aromatic rings. The van der Waals surface area contributed by atoms with E-state index in [1.165, 1.54) is 4.88 Å². The zero-order valence-corrected chi connectivity index (χ0v) is 11.4. The molecule has 2 heterocycles. The lowest BCUT2D eigenvalue weighted by Crippen LogP contribution is -2.25. The van der Waals surface area contributed by atoms with Gasteiger partial charge in [-0.1, -0.05) is 0 Å². The number of aliphatic carboxylic acids is 1. The van der Waals surface area contributed by atoms with Gasteiger partial charge >= 0.3 is 5.97 Å². The van der Waals surface area contributed by atoms with Crippen molar-refractivity contribution in [2.45, 2.75) is 19.4 Å². The van der Waals surface area contributed by atoms with Gasteiger partial charge in [-0.15, -0.1) is 11.3 Å². The maximum atomic E-state index is 10.9. The molecule has 0 aliphatic carbocycles. The van der Waals surface area contributed by atoms with E-state index in [-0.39, 0.29) is 5.92 Å². The molecule has 0 bridgehead atoms. The molecule has 0 radical (unpaired) electrons. The summed E-state index contributed by atoms with van der Waals surface area (Å²) in [5.74, 6) is -0.854. The minimum atomic E-state index is -0.665. The highest BCUT2D eigenvalue weighted by Crippen LogP contribution is 2.33. The van der Waals surface area contributed by atoms with Crippen molar-refractivity contribution >= 4 is 33.2 Å². The Labute approximate surface area is 107 Å². The first-order valence-electron chi connectivity index (χ1n) is 5.30. The van der Waals surface area contributed by atoms with E-state index in [4.69, 9.17) is 5.11 Å². The normalized spacial score (nSPS) is 23.5. The summed E-state index contributed by atoms with van der Waals surface area (Å²) in [4.78, 5) is 14.4. The quantitative estimate of drug-likeness (QED) is 0.933. The van der Waals surface area contributed by atoms with E-state index in [1.54, 1.807) is 11.3 Å². The molecule has 2 unspecified atom stereocenters. The summed E-state index contributed by atoms with van der Waals surface area (Å²) in [6, 6.07) is 4.47. The Bertz CT molecular complexity index is 393. The number of likely N-dealkylation sites (tertiary alicyclic amines) is 1. The number of halogens is 1. The average molecular weight is 304 g/mol. The molecule has 5 heteroatoms. The van der Waals surface area contributed by atoms with Crippen molar-refractivity contribution in [1.82, 2.24) is 4.90 Å². The molecule has 2 rings (SSSR count). The van der Waals surface area contributed by atoms with E-state index in [1.807, 2.05) is 6.07 Å². The number of thiophene rings is 1. The van der Waals surface area contributed by atoms with Crippen LogP contribution < -0.4 is 0 Å². The first kappa shape index (κ1) is 12.1. The van der Waals surface area contributed by atoms with E-state index in [0.29, 0.717) is 12.6 Å². The zero-order valence-electron chi connectivity index (χ0n) is 9.02.